The predicted molar refractivity (Wildman–Crippen MR) is 52.3 cm³/mol. The van der Waals surface area contributed by atoms with E-state index >= 15 is 0 Å². The minimum absolute atomic E-state index is 0.152. The van der Waals surface area contributed by atoms with Crippen LogP contribution >= 0.6 is 11.7 Å². The summed E-state index contributed by atoms with van der Waals surface area (Å²) < 4.78 is 7.74. The highest BCUT2D eigenvalue weighted by Gasteiger charge is 2.21. The van der Waals surface area contributed by atoms with Gasteiger partial charge in [-0.3, -0.25) is 9.63 Å². The van der Waals surface area contributed by atoms with Gasteiger partial charge in [0.1, 0.15) is 12.3 Å². The zero-order valence-corrected chi connectivity index (χ0v) is 9.22. The maximum atomic E-state index is 11.3. The van der Waals surface area contributed by atoms with E-state index in [0.29, 0.717) is 5.69 Å². The Labute approximate surface area is 86.8 Å². The van der Waals surface area contributed by atoms with E-state index in [1.54, 1.807) is 6.20 Å². The summed E-state index contributed by atoms with van der Waals surface area (Å²) >= 11 is 1.11. The van der Waals surface area contributed by atoms with E-state index in [-0.39, 0.29) is 12.5 Å². The van der Waals surface area contributed by atoms with Crippen molar-refractivity contribution in [3.05, 3.63) is 11.9 Å². The number of hydroxylamine groups is 1. The Morgan fingerprint density at radius 3 is 2.86 bits per heavy atom. The smallest absolute Gasteiger partial charge is 0.248 e. The maximum Gasteiger partial charge on any atom is 0.248 e. The van der Waals surface area contributed by atoms with Crippen molar-refractivity contribution >= 4 is 17.6 Å². The van der Waals surface area contributed by atoms with E-state index in [0.717, 1.165) is 11.7 Å². The van der Waals surface area contributed by atoms with Crippen molar-refractivity contribution in [2.75, 3.05) is 0 Å². The highest BCUT2D eigenvalue weighted by atomic mass is 32.1. The molecule has 0 atom stereocenters. The number of carbonyl (C=O) groups is 1. The second-order valence-corrected chi connectivity index (χ2v) is 4.43. The molecule has 0 bridgehead atoms. The first kappa shape index (κ1) is 11.1. The van der Waals surface area contributed by atoms with Crippen LogP contribution in [0.4, 0.5) is 0 Å². The van der Waals surface area contributed by atoms with Crippen LogP contribution in [0.25, 0.3) is 0 Å². The normalized spacial score (nSPS) is 11.4. The Morgan fingerprint density at radius 2 is 2.36 bits per heavy atom. The lowest BCUT2D eigenvalue weighted by molar-refractivity contribution is -0.142. The largest absolute Gasteiger partial charge is 0.272 e. The molecule has 0 aliphatic carbocycles. The molecule has 0 saturated heterocycles. The van der Waals surface area contributed by atoms with Gasteiger partial charge < -0.3 is 0 Å². The van der Waals surface area contributed by atoms with Crippen LogP contribution in [0.3, 0.4) is 0 Å². The third kappa shape index (κ3) is 3.39. The second kappa shape index (κ2) is 4.47. The van der Waals surface area contributed by atoms with E-state index < -0.39 is 5.41 Å². The molecule has 14 heavy (non-hydrogen) atoms. The van der Waals surface area contributed by atoms with Gasteiger partial charge >= 0.3 is 0 Å². The summed E-state index contributed by atoms with van der Waals surface area (Å²) in [5.74, 6) is -0.152. The molecule has 1 aromatic heterocycles. The van der Waals surface area contributed by atoms with Gasteiger partial charge in [0.15, 0.2) is 0 Å². The standard InChI is InChI=1S/C8H13N3O2S/c1-8(2,3)7(12)10-13-5-6-4-9-14-11-6/h4H,5H2,1-3H3,(H,10,12). The molecule has 0 saturated carbocycles. The van der Waals surface area contributed by atoms with Crippen molar-refractivity contribution in [2.24, 2.45) is 5.41 Å². The number of hydrogen-bond acceptors (Lipinski definition) is 5. The molecular formula is C8H13N3O2S. The molecule has 1 aromatic rings. The Bertz CT molecular complexity index is 292. The van der Waals surface area contributed by atoms with Crippen molar-refractivity contribution < 1.29 is 9.63 Å². The van der Waals surface area contributed by atoms with E-state index in [4.69, 9.17) is 4.84 Å². The van der Waals surface area contributed by atoms with Crippen LogP contribution in [0.2, 0.25) is 0 Å². The fraction of sp³-hybridized carbons (Fsp3) is 0.625. The third-order valence-corrected chi connectivity index (χ3v) is 1.99. The molecule has 1 rings (SSSR count). The van der Waals surface area contributed by atoms with Crippen molar-refractivity contribution in [3.8, 4) is 0 Å². The molecule has 0 aliphatic rings. The van der Waals surface area contributed by atoms with Crippen LogP contribution in [-0.4, -0.2) is 14.7 Å². The zero-order chi connectivity index (χ0) is 10.6. The number of nitrogens with one attached hydrogen (secondary N) is 1. The van der Waals surface area contributed by atoms with Crippen LogP contribution in [0, 0.1) is 5.41 Å². The van der Waals surface area contributed by atoms with E-state index in [9.17, 15) is 4.79 Å². The van der Waals surface area contributed by atoms with Gasteiger partial charge in [0.2, 0.25) is 5.91 Å². The van der Waals surface area contributed by atoms with Gasteiger partial charge in [0.25, 0.3) is 0 Å². The lowest BCUT2D eigenvalue weighted by Gasteiger charge is -2.16. The summed E-state index contributed by atoms with van der Waals surface area (Å²) in [6.07, 6.45) is 1.61. The van der Waals surface area contributed by atoms with Crippen LogP contribution in [0.1, 0.15) is 26.5 Å². The average Bonchev–Trinajstić information content (AvgIpc) is 2.55. The lowest BCUT2D eigenvalue weighted by atomic mass is 9.96. The zero-order valence-electron chi connectivity index (χ0n) is 8.40. The fourth-order valence-corrected chi connectivity index (χ4v) is 0.997. The Morgan fingerprint density at radius 1 is 1.64 bits per heavy atom. The quantitative estimate of drug-likeness (QED) is 0.768. The summed E-state index contributed by atoms with van der Waals surface area (Å²) in [4.78, 5) is 16.3. The van der Waals surface area contributed by atoms with E-state index in [1.807, 2.05) is 20.8 Å². The first-order valence-corrected chi connectivity index (χ1v) is 4.92. The van der Waals surface area contributed by atoms with Crippen LogP contribution in [0.5, 0.6) is 0 Å². The molecule has 0 unspecified atom stereocenters. The number of hydrogen-bond donors (Lipinski definition) is 1. The second-order valence-electron chi connectivity index (χ2n) is 3.87. The van der Waals surface area contributed by atoms with Gasteiger partial charge in [-0.1, -0.05) is 20.8 Å². The summed E-state index contributed by atoms with van der Waals surface area (Å²) in [7, 11) is 0. The predicted octanol–water partition coefficient (Wildman–Crippen LogP) is 1.13. The Kier molecular flexibility index (Phi) is 3.54. The molecule has 0 aliphatic heterocycles. The highest BCUT2D eigenvalue weighted by molar-refractivity contribution is 6.99. The number of carbonyl (C=O) groups excluding carboxylic acids is 1. The SMILES string of the molecule is CC(C)(C)C(=O)NOCc1cnsn1. The third-order valence-electron chi connectivity index (χ3n) is 1.47. The number of aromatic nitrogens is 2. The minimum Gasteiger partial charge on any atom is -0.272 e. The summed E-state index contributed by atoms with van der Waals surface area (Å²) in [5, 5.41) is 0. The molecule has 1 amide bonds. The molecule has 0 radical (unpaired) electrons. The fourth-order valence-electron chi connectivity index (χ4n) is 0.576. The molecule has 0 aromatic carbocycles. The molecule has 6 heteroatoms. The number of nitrogens with zero attached hydrogens (tertiary/aromatic N) is 2. The number of amides is 1. The molecule has 5 nitrogen and oxygen atoms in total. The molecule has 0 fully saturated rings. The van der Waals surface area contributed by atoms with Gasteiger partial charge in [-0.15, -0.1) is 0 Å². The van der Waals surface area contributed by atoms with E-state index in [1.165, 1.54) is 0 Å². The summed E-state index contributed by atoms with van der Waals surface area (Å²) in [6.45, 7) is 5.70. The van der Waals surface area contributed by atoms with Crippen LogP contribution in [0.15, 0.2) is 6.20 Å². The van der Waals surface area contributed by atoms with Crippen molar-refractivity contribution in [3.63, 3.8) is 0 Å². The van der Waals surface area contributed by atoms with Crippen LogP contribution in [-0.2, 0) is 16.2 Å². The van der Waals surface area contributed by atoms with Gasteiger partial charge in [0, 0.05) is 5.41 Å². The highest BCUT2D eigenvalue weighted by Crippen LogP contribution is 2.12. The maximum absolute atomic E-state index is 11.3. The average molecular weight is 215 g/mol. The lowest BCUT2D eigenvalue weighted by Crippen LogP contribution is -2.34. The van der Waals surface area contributed by atoms with Gasteiger partial charge in [0.05, 0.1) is 17.9 Å². The Hall–Kier alpha value is -1.01. The Balaban J connectivity index is 2.26. The molecule has 0 spiro atoms. The molecule has 1 N–H and O–H groups in total. The monoisotopic (exact) mass is 215 g/mol. The molecule has 1 heterocycles. The first-order chi connectivity index (χ1) is 6.50. The summed E-state index contributed by atoms with van der Waals surface area (Å²) in [5.41, 5.74) is 2.63. The topological polar surface area (TPSA) is 64.1 Å². The minimum atomic E-state index is -0.444. The van der Waals surface area contributed by atoms with E-state index in [2.05, 4.69) is 14.2 Å². The molecule has 78 valence electrons. The van der Waals surface area contributed by atoms with Gasteiger partial charge in [-0.25, -0.2) is 5.48 Å². The first-order valence-electron chi connectivity index (χ1n) is 4.19. The molecular weight excluding hydrogens is 202 g/mol. The van der Waals surface area contributed by atoms with Crippen LogP contribution < -0.4 is 5.48 Å². The van der Waals surface area contributed by atoms with Gasteiger partial charge in [-0.05, 0) is 0 Å². The van der Waals surface area contributed by atoms with Crippen molar-refractivity contribution in [1.82, 2.24) is 14.2 Å². The van der Waals surface area contributed by atoms with Crippen molar-refractivity contribution in [1.29, 1.82) is 0 Å². The summed E-state index contributed by atoms with van der Waals surface area (Å²) in [6, 6.07) is 0. The van der Waals surface area contributed by atoms with Crippen molar-refractivity contribution in [2.45, 2.75) is 27.4 Å². The van der Waals surface area contributed by atoms with Gasteiger partial charge in [-0.2, -0.15) is 8.75 Å². The number of rotatable bonds is 3.